The maximum Gasteiger partial charge on any atom is 0.418 e. The van der Waals surface area contributed by atoms with Crippen molar-refractivity contribution in [1.82, 2.24) is 9.88 Å². The predicted molar refractivity (Wildman–Crippen MR) is 88.0 cm³/mol. The molecular weight excluding hydrogens is 319 g/mol. The van der Waals surface area contributed by atoms with Crippen LogP contribution in [0.2, 0.25) is 0 Å². The van der Waals surface area contributed by atoms with Gasteiger partial charge in [0, 0.05) is 32.4 Å². The molecule has 0 saturated carbocycles. The number of likely N-dealkylation sites (tertiary alicyclic amines) is 1. The summed E-state index contributed by atoms with van der Waals surface area (Å²) in [5, 5.41) is 9.00. The molecular formula is C17H26F3N3O. The van der Waals surface area contributed by atoms with Crippen LogP contribution in [0.1, 0.15) is 37.7 Å². The standard InChI is InChI=1S/C11H13F3N2.C6H13NO/c12-11(13,14)9-4-5-15-8-10(9)16-6-2-1-3-7-16;1-7-4-2-6(8)3-5-7/h4-5,8H,1-3,6-7H2;6,8H,2-5H2,1H3. The first kappa shape index (κ1) is 19.0. The summed E-state index contributed by atoms with van der Waals surface area (Å²) in [5.74, 6) is 0. The van der Waals surface area contributed by atoms with Crippen LogP contribution in [0.15, 0.2) is 18.5 Å². The summed E-state index contributed by atoms with van der Waals surface area (Å²) < 4.78 is 38.2. The van der Waals surface area contributed by atoms with E-state index in [9.17, 15) is 13.2 Å². The van der Waals surface area contributed by atoms with Gasteiger partial charge in [0.2, 0.25) is 0 Å². The van der Waals surface area contributed by atoms with E-state index < -0.39 is 11.7 Å². The summed E-state index contributed by atoms with van der Waals surface area (Å²) in [4.78, 5) is 7.81. The molecule has 0 atom stereocenters. The second kappa shape index (κ2) is 8.67. The third kappa shape index (κ3) is 5.63. The van der Waals surface area contributed by atoms with Crippen LogP contribution in [0.4, 0.5) is 18.9 Å². The Labute approximate surface area is 141 Å². The molecule has 2 aliphatic rings. The second-order valence-corrected chi connectivity index (χ2v) is 6.47. The van der Waals surface area contributed by atoms with Gasteiger partial charge in [-0.3, -0.25) is 4.98 Å². The van der Waals surface area contributed by atoms with E-state index in [2.05, 4.69) is 16.9 Å². The molecule has 2 saturated heterocycles. The lowest BCUT2D eigenvalue weighted by molar-refractivity contribution is -0.137. The molecule has 0 aliphatic carbocycles. The molecule has 0 unspecified atom stereocenters. The van der Waals surface area contributed by atoms with Crippen molar-refractivity contribution in [3.8, 4) is 0 Å². The van der Waals surface area contributed by atoms with Crippen LogP contribution >= 0.6 is 0 Å². The molecule has 3 rings (SSSR count). The van der Waals surface area contributed by atoms with Crippen LogP contribution in [0.3, 0.4) is 0 Å². The van der Waals surface area contributed by atoms with E-state index in [0.29, 0.717) is 13.1 Å². The molecule has 3 heterocycles. The molecule has 0 amide bonds. The zero-order valence-electron chi connectivity index (χ0n) is 14.1. The maximum absolute atomic E-state index is 12.7. The number of aliphatic hydroxyl groups excluding tert-OH is 1. The largest absolute Gasteiger partial charge is 0.418 e. The quantitative estimate of drug-likeness (QED) is 0.849. The lowest BCUT2D eigenvalue weighted by atomic mass is 10.1. The first-order valence-electron chi connectivity index (χ1n) is 8.50. The average molecular weight is 345 g/mol. The number of alkyl halides is 3. The zero-order valence-corrected chi connectivity index (χ0v) is 14.1. The van der Waals surface area contributed by atoms with Crippen LogP contribution in [0, 0.1) is 0 Å². The Morgan fingerprint density at radius 2 is 1.71 bits per heavy atom. The Hall–Kier alpha value is -1.34. The molecule has 1 aromatic rings. The van der Waals surface area contributed by atoms with E-state index in [-0.39, 0.29) is 11.8 Å². The Kier molecular flexibility index (Phi) is 6.86. The van der Waals surface area contributed by atoms with Crippen LogP contribution < -0.4 is 4.90 Å². The van der Waals surface area contributed by atoms with Crippen LogP contribution in [-0.2, 0) is 6.18 Å². The van der Waals surface area contributed by atoms with Gasteiger partial charge in [0.25, 0.3) is 0 Å². The molecule has 2 aliphatic heterocycles. The number of nitrogens with zero attached hydrogens (tertiary/aromatic N) is 3. The Morgan fingerprint density at radius 3 is 2.25 bits per heavy atom. The van der Waals surface area contributed by atoms with Gasteiger partial charge in [0.15, 0.2) is 0 Å². The Bertz CT molecular complexity index is 486. The van der Waals surface area contributed by atoms with E-state index in [1.165, 1.54) is 12.4 Å². The van der Waals surface area contributed by atoms with Gasteiger partial charge in [-0.05, 0) is 45.2 Å². The highest BCUT2D eigenvalue weighted by molar-refractivity contribution is 5.53. The molecule has 2 fully saturated rings. The van der Waals surface area contributed by atoms with Gasteiger partial charge in [0.1, 0.15) is 0 Å². The number of anilines is 1. The molecule has 0 aromatic carbocycles. The van der Waals surface area contributed by atoms with Crippen molar-refractivity contribution in [3.05, 3.63) is 24.0 Å². The van der Waals surface area contributed by atoms with Crippen molar-refractivity contribution in [2.75, 3.05) is 38.1 Å². The summed E-state index contributed by atoms with van der Waals surface area (Å²) in [6, 6.07) is 1.05. The van der Waals surface area contributed by atoms with Crippen molar-refractivity contribution in [2.45, 2.75) is 44.4 Å². The minimum Gasteiger partial charge on any atom is -0.393 e. The fourth-order valence-corrected chi connectivity index (χ4v) is 3.01. The van der Waals surface area contributed by atoms with E-state index >= 15 is 0 Å². The van der Waals surface area contributed by atoms with Gasteiger partial charge < -0.3 is 14.9 Å². The normalized spacial score (nSPS) is 20.5. The molecule has 4 nitrogen and oxygen atoms in total. The summed E-state index contributed by atoms with van der Waals surface area (Å²) in [6.07, 6.45) is 3.09. The molecule has 136 valence electrons. The molecule has 0 radical (unpaired) electrons. The molecule has 7 heteroatoms. The van der Waals surface area contributed by atoms with Gasteiger partial charge in [-0.1, -0.05) is 0 Å². The van der Waals surface area contributed by atoms with E-state index in [0.717, 1.165) is 51.3 Å². The van der Waals surface area contributed by atoms with Crippen LogP contribution in [-0.4, -0.2) is 54.3 Å². The average Bonchev–Trinajstić information content (AvgIpc) is 2.58. The third-order valence-electron chi connectivity index (χ3n) is 4.49. The highest BCUT2D eigenvalue weighted by Crippen LogP contribution is 2.36. The number of rotatable bonds is 1. The van der Waals surface area contributed by atoms with E-state index in [1.807, 2.05) is 0 Å². The Balaban J connectivity index is 0.000000219. The molecule has 0 bridgehead atoms. The number of piperidine rings is 2. The highest BCUT2D eigenvalue weighted by Gasteiger charge is 2.35. The lowest BCUT2D eigenvalue weighted by Gasteiger charge is -2.30. The van der Waals surface area contributed by atoms with Crippen LogP contribution in [0.5, 0.6) is 0 Å². The summed E-state index contributed by atoms with van der Waals surface area (Å²) in [7, 11) is 2.09. The smallest absolute Gasteiger partial charge is 0.393 e. The van der Waals surface area contributed by atoms with E-state index in [4.69, 9.17) is 5.11 Å². The maximum atomic E-state index is 12.7. The Morgan fingerprint density at radius 1 is 1.08 bits per heavy atom. The van der Waals surface area contributed by atoms with Gasteiger partial charge in [-0.2, -0.15) is 13.2 Å². The number of aromatic nitrogens is 1. The minimum atomic E-state index is -4.30. The second-order valence-electron chi connectivity index (χ2n) is 6.47. The fourth-order valence-electron chi connectivity index (χ4n) is 3.01. The van der Waals surface area contributed by atoms with Gasteiger partial charge >= 0.3 is 6.18 Å². The lowest BCUT2D eigenvalue weighted by Crippen LogP contribution is -2.32. The number of pyridine rings is 1. The SMILES string of the molecule is CN1CCC(O)CC1.FC(F)(F)c1ccncc1N1CCCCC1. The summed E-state index contributed by atoms with van der Waals surface area (Å²) >= 11 is 0. The fraction of sp³-hybridized carbons (Fsp3) is 0.706. The topological polar surface area (TPSA) is 39.6 Å². The predicted octanol–water partition coefficient (Wildman–Crippen LogP) is 3.16. The van der Waals surface area contributed by atoms with Crippen molar-refractivity contribution < 1.29 is 18.3 Å². The van der Waals surface area contributed by atoms with Crippen molar-refractivity contribution in [1.29, 1.82) is 0 Å². The van der Waals surface area contributed by atoms with Gasteiger partial charge in [0.05, 0.1) is 23.6 Å². The summed E-state index contributed by atoms with van der Waals surface area (Å²) in [5.41, 5.74) is -0.362. The third-order valence-corrected chi connectivity index (χ3v) is 4.49. The minimum absolute atomic E-state index is 0.0220. The highest BCUT2D eigenvalue weighted by atomic mass is 19.4. The molecule has 1 N–H and O–H groups in total. The van der Waals surface area contributed by atoms with Crippen molar-refractivity contribution in [2.24, 2.45) is 0 Å². The van der Waals surface area contributed by atoms with Gasteiger partial charge in [-0.25, -0.2) is 0 Å². The van der Waals surface area contributed by atoms with Crippen molar-refractivity contribution in [3.63, 3.8) is 0 Å². The van der Waals surface area contributed by atoms with Crippen molar-refractivity contribution >= 4 is 5.69 Å². The number of hydrogen-bond acceptors (Lipinski definition) is 4. The molecule has 0 spiro atoms. The molecule has 1 aromatic heterocycles. The number of hydrogen-bond donors (Lipinski definition) is 1. The van der Waals surface area contributed by atoms with Crippen LogP contribution in [0.25, 0.3) is 0 Å². The first-order chi connectivity index (χ1) is 11.4. The molecule has 24 heavy (non-hydrogen) atoms. The van der Waals surface area contributed by atoms with Gasteiger partial charge in [-0.15, -0.1) is 0 Å². The zero-order chi connectivity index (χ0) is 17.6. The number of aliphatic hydroxyl groups is 1. The monoisotopic (exact) mass is 345 g/mol. The summed E-state index contributed by atoms with van der Waals surface area (Å²) in [6.45, 7) is 3.49. The number of halogens is 3. The first-order valence-corrected chi connectivity index (χ1v) is 8.50. The van der Waals surface area contributed by atoms with E-state index in [1.54, 1.807) is 4.90 Å².